The second kappa shape index (κ2) is 13.5. The van der Waals surface area contributed by atoms with Crippen molar-refractivity contribution in [3.8, 4) is 0 Å². The Bertz CT molecular complexity index is 894. The molecular formula is C34H52O5. The molecule has 0 radical (unpaired) electrons. The van der Waals surface area contributed by atoms with E-state index in [0.717, 1.165) is 62.5 Å². The maximum absolute atomic E-state index is 14.2. The smallest absolute Gasteiger partial charge is 0.339 e. The first-order chi connectivity index (χ1) is 18.7. The number of hydrogen-bond acceptors (Lipinski definition) is 5. The summed E-state index contributed by atoms with van der Waals surface area (Å²) in [6, 6.07) is 0. The Labute approximate surface area is 236 Å². The third kappa shape index (κ3) is 7.38. The van der Waals surface area contributed by atoms with Gasteiger partial charge in [-0.05, 0) is 86.9 Å². The molecule has 0 unspecified atom stereocenters. The van der Waals surface area contributed by atoms with Crippen molar-refractivity contribution >= 4 is 11.9 Å². The van der Waals surface area contributed by atoms with Crippen LogP contribution in [-0.4, -0.2) is 24.1 Å². The zero-order valence-corrected chi connectivity index (χ0v) is 25.3. The first kappa shape index (κ1) is 29.9. The molecule has 3 aliphatic carbocycles. The molecule has 5 nitrogen and oxygen atoms in total. The highest BCUT2D eigenvalue weighted by atomic mass is 16.6. The Hall–Kier alpha value is -2.04. The van der Waals surface area contributed by atoms with Gasteiger partial charge >= 0.3 is 11.9 Å². The van der Waals surface area contributed by atoms with Gasteiger partial charge in [-0.25, -0.2) is 9.59 Å². The van der Waals surface area contributed by atoms with Gasteiger partial charge in [-0.1, -0.05) is 67.2 Å². The Balaban J connectivity index is 1.71. The van der Waals surface area contributed by atoms with Crippen molar-refractivity contribution in [3.05, 3.63) is 34.8 Å². The number of ether oxygens (including phenoxy) is 3. The molecule has 0 saturated heterocycles. The summed E-state index contributed by atoms with van der Waals surface area (Å²) in [6.07, 6.45) is 14.7. The highest BCUT2D eigenvalue weighted by Gasteiger charge is 2.39. The van der Waals surface area contributed by atoms with Crippen LogP contribution in [0, 0.1) is 35.5 Å². The van der Waals surface area contributed by atoms with Crippen LogP contribution in [-0.2, 0) is 23.8 Å². The quantitative estimate of drug-likeness (QED) is 0.316. The molecule has 218 valence electrons. The maximum atomic E-state index is 14.2. The summed E-state index contributed by atoms with van der Waals surface area (Å²) in [6.45, 7) is 13.4. The summed E-state index contributed by atoms with van der Waals surface area (Å²) in [5.74, 6) is 1.81. The van der Waals surface area contributed by atoms with Crippen LogP contribution in [0.5, 0.6) is 0 Å². The van der Waals surface area contributed by atoms with Crippen LogP contribution in [0.25, 0.3) is 0 Å². The predicted molar refractivity (Wildman–Crippen MR) is 154 cm³/mol. The summed E-state index contributed by atoms with van der Waals surface area (Å²) in [5.41, 5.74) is 2.30. The highest BCUT2D eigenvalue weighted by Crippen LogP contribution is 2.40. The lowest BCUT2D eigenvalue weighted by Gasteiger charge is -2.37. The lowest BCUT2D eigenvalue weighted by atomic mass is 9.75. The van der Waals surface area contributed by atoms with Crippen molar-refractivity contribution in [1.29, 1.82) is 0 Å². The Morgan fingerprint density at radius 1 is 0.692 bits per heavy atom. The van der Waals surface area contributed by atoms with Crippen molar-refractivity contribution in [2.75, 3.05) is 0 Å². The van der Waals surface area contributed by atoms with Gasteiger partial charge in [0.1, 0.15) is 12.2 Å². The van der Waals surface area contributed by atoms with E-state index in [4.69, 9.17) is 14.2 Å². The zero-order chi connectivity index (χ0) is 28.1. The van der Waals surface area contributed by atoms with Crippen LogP contribution < -0.4 is 0 Å². The third-order valence-corrected chi connectivity index (χ3v) is 9.80. The van der Waals surface area contributed by atoms with Gasteiger partial charge in [-0.3, -0.25) is 0 Å². The summed E-state index contributed by atoms with van der Waals surface area (Å²) in [4.78, 5) is 28.3. The fraction of sp³-hybridized carbons (Fsp3) is 0.765. The molecule has 4 rings (SSSR count). The lowest BCUT2D eigenvalue weighted by molar-refractivity contribution is -0.154. The minimum Gasteiger partial charge on any atom is -0.472 e. The van der Waals surface area contributed by atoms with E-state index >= 15 is 0 Å². The zero-order valence-electron chi connectivity index (χ0n) is 25.3. The Morgan fingerprint density at radius 3 is 1.49 bits per heavy atom. The number of fused-ring (bicyclic) bond motifs is 2. The van der Waals surface area contributed by atoms with Crippen LogP contribution in [0.4, 0.5) is 0 Å². The number of hydrogen-bond donors (Lipinski definition) is 0. The van der Waals surface area contributed by atoms with Crippen LogP contribution in [0.15, 0.2) is 34.8 Å². The summed E-state index contributed by atoms with van der Waals surface area (Å²) in [7, 11) is 0. The van der Waals surface area contributed by atoms with Gasteiger partial charge in [-0.15, -0.1) is 0 Å². The second-order valence-corrected chi connectivity index (χ2v) is 13.6. The molecule has 1 heterocycles. The molecule has 0 aromatic carbocycles. The summed E-state index contributed by atoms with van der Waals surface area (Å²) < 4.78 is 18.6. The topological polar surface area (TPSA) is 61.8 Å². The number of rotatable bonds is 6. The van der Waals surface area contributed by atoms with Crippen LogP contribution in [0.3, 0.4) is 0 Å². The first-order valence-corrected chi connectivity index (χ1v) is 15.9. The predicted octanol–water partition coefficient (Wildman–Crippen LogP) is 8.44. The molecule has 2 saturated carbocycles. The normalized spacial score (nSPS) is 32.2. The van der Waals surface area contributed by atoms with Crippen molar-refractivity contribution < 1.29 is 23.8 Å². The van der Waals surface area contributed by atoms with E-state index in [9.17, 15) is 9.59 Å². The summed E-state index contributed by atoms with van der Waals surface area (Å²) in [5, 5.41) is 0. The van der Waals surface area contributed by atoms with Crippen molar-refractivity contribution in [3.63, 3.8) is 0 Å². The van der Waals surface area contributed by atoms with E-state index in [1.54, 1.807) is 12.5 Å². The largest absolute Gasteiger partial charge is 0.472 e. The molecule has 1 aliphatic heterocycles. The van der Waals surface area contributed by atoms with Crippen molar-refractivity contribution in [2.45, 2.75) is 131 Å². The molecule has 0 aromatic heterocycles. The molecule has 2 bridgehead atoms. The molecular weight excluding hydrogens is 488 g/mol. The molecule has 5 heteroatoms. The Kier molecular flexibility index (Phi) is 10.4. The Morgan fingerprint density at radius 2 is 1.10 bits per heavy atom. The number of esters is 2. The first-order valence-electron chi connectivity index (χ1n) is 15.9. The molecule has 0 aromatic rings. The van der Waals surface area contributed by atoms with Crippen molar-refractivity contribution in [1.82, 2.24) is 0 Å². The maximum Gasteiger partial charge on any atom is 0.339 e. The number of carbonyl (C=O) groups excluding carboxylic acids is 2. The van der Waals surface area contributed by atoms with E-state index in [1.807, 2.05) is 0 Å². The van der Waals surface area contributed by atoms with Crippen LogP contribution >= 0.6 is 0 Å². The minimum absolute atomic E-state index is 0.138. The van der Waals surface area contributed by atoms with Crippen LogP contribution in [0.2, 0.25) is 0 Å². The van der Waals surface area contributed by atoms with Gasteiger partial charge in [0.15, 0.2) is 0 Å². The fourth-order valence-corrected chi connectivity index (χ4v) is 7.35. The summed E-state index contributed by atoms with van der Waals surface area (Å²) >= 11 is 0. The average molecular weight is 541 g/mol. The average Bonchev–Trinajstić information content (AvgIpc) is 3.08. The molecule has 0 amide bonds. The molecule has 39 heavy (non-hydrogen) atoms. The van der Waals surface area contributed by atoms with Gasteiger partial charge in [0.2, 0.25) is 0 Å². The highest BCUT2D eigenvalue weighted by molar-refractivity contribution is 6.06. The van der Waals surface area contributed by atoms with Gasteiger partial charge in [0.05, 0.1) is 23.7 Å². The second-order valence-electron chi connectivity index (χ2n) is 13.6. The molecule has 6 atom stereocenters. The minimum atomic E-state index is -0.382. The van der Waals surface area contributed by atoms with Crippen molar-refractivity contribution in [2.24, 2.45) is 35.5 Å². The standard InChI is InChI=1S/C34H52O5/c1-21(2)27-15-13-23(5)17-29(27)38-33(35)31-25-11-9-7-8-10-12-26(20-37-19-25)32(31)34(36)39-30-18-24(6)14-16-28(30)22(3)4/h19-24,27-30H,7-18H2,1-6H3/t23-,24-,27+,28+,29-,30-/m1/s1. The van der Waals surface area contributed by atoms with E-state index < -0.39 is 0 Å². The number of carbonyl (C=O) groups is 2. The van der Waals surface area contributed by atoms with Gasteiger partial charge in [0, 0.05) is 11.1 Å². The fourth-order valence-electron chi connectivity index (χ4n) is 7.35. The van der Waals surface area contributed by atoms with Gasteiger partial charge in [-0.2, -0.15) is 0 Å². The molecule has 0 spiro atoms. The van der Waals surface area contributed by atoms with E-state index in [0.29, 0.717) is 59.5 Å². The monoisotopic (exact) mass is 540 g/mol. The van der Waals surface area contributed by atoms with E-state index in [-0.39, 0.29) is 24.1 Å². The van der Waals surface area contributed by atoms with E-state index in [1.165, 1.54) is 12.8 Å². The molecule has 2 fully saturated rings. The molecule has 0 N–H and O–H groups in total. The van der Waals surface area contributed by atoms with E-state index in [2.05, 4.69) is 41.5 Å². The third-order valence-electron chi connectivity index (χ3n) is 9.80. The molecule has 4 aliphatic rings. The van der Waals surface area contributed by atoms with Crippen LogP contribution in [0.1, 0.15) is 119 Å². The SMILES string of the molecule is CC(C)[C@@H]1CC[C@@H](C)C[C@H]1OC(=O)C1=C(C(=O)O[C@@H]2C[C@H](C)CC[C@H]2C(C)C)C2=COC=C1CCCCCC2. The van der Waals surface area contributed by atoms with Gasteiger partial charge in [0.25, 0.3) is 0 Å². The van der Waals surface area contributed by atoms with Gasteiger partial charge < -0.3 is 14.2 Å². The lowest BCUT2D eigenvalue weighted by Crippen LogP contribution is -2.38.